The summed E-state index contributed by atoms with van der Waals surface area (Å²) in [5.74, 6) is 1.80. The number of aliphatic imine (C=N–C) groups is 1. The van der Waals surface area contributed by atoms with Crippen LogP contribution in [0.5, 0.6) is 0 Å². The molecule has 0 spiro atoms. The van der Waals surface area contributed by atoms with E-state index in [1.807, 2.05) is 25.5 Å². The van der Waals surface area contributed by atoms with Crippen LogP contribution < -0.4 is 5.32 Å². The molecule has 0 radical (unpaired) electrons. The summed E-state index contributed by atoms with van der Waals surface area (Å²) in [6.07, 6.45) is 5.84. The standard InChI is InChI=1S/C19H28BrN5.HI/c1-14(2)18(15-7-6-8-22-10-15)11-23-19(21-3)25(5)13-17-9-16(20)12-24(17)4;/h6-10,12,14,18H,11,13H2,1-5H3,(H,21,23);1H. The van der Waals surface area contributed by atoms with Gasteiger partial charge in [-0.25, -0.2) is 0 Å². The Balaban J connectivity index is 0.00000338. The molecule has 1 unspecified atom stereocenters. The quantitative estimate of drug-likeness (QED) is 0.343. The second kappa shape index (κ2) is 10.9. The van der Waals surface area contributed by atoms with Crippen LogP contribution in [-0.2, 0) is 13.6 Å². The van der Waals surface area contributed by atoms with Crippen molar-refractivity contribution >= 4 is 45.9 Å². The Morgan fingerprint density at radius 2 is 2.15 bits per heavy atom. The van der Waals surface area contributed by atoms with E-state index in [1.54, 1.807) is 0 Å². The summed E-state index contributed by atoms with van der Waals surface area (Å²) in [4.78, 5) is 10.8. The van der Waals surface area contributed by atoms with Gasteiger partial charge >= 0.3 is 0 Å². The number of hydrogen-bond acceptors (Lipinski definition) is 2. The lowest BCUT2D eigenvalue weighted by atomic mass is 9.89. The highest BCUT2D eigenvalue weighted by Crippen LogP contribution is 2.23. The molecule has 0 saturated carbocycles. The lowest BCUT2D eigenvalue weighted by Crippen LogP contribution is -2.41. The number of aryl methyl sites for hydroxylation is 1. The Morgan fingerprint density at radius 1 is 1.42 bits per heavy atom. The van der Waals surface area contributed by atoms with E-state index in [9.17, 15) is 0 Å². The lowest BCUT2D eigenvalue weighted by molar-refractivity contribution is 0.439. The van der Waals surface area contributed by atoms with E-state index < -0.39 is 0 Å². The zero-order valence-corrected chi connectivity index (χ0v) is 20.0. The van der Waals surface area contributed by atoms with Crippen LogP contribution in [0.1, 0.15) is 31.0 Å². The van der Waals surface area contributed by atoms with Crippen molar-refractivity contribution in [3.8, 4) is 0 Å². The van der Waals surface area contributed by atoms with Crippen molar-refractivity contribution < 1.29 is 0 Å². The van der Waals surface area contributed by atoms with Crippen molar-refractivity contribution in [3.63, 3.8) is 0 Å². The van der Waals surface area contributed by atoms with Crippen molar-refractivity contribution in [1.82, 2.24) is 19.8 Å². The predicted molar refractivity (Wildman–Crippen MR) is 123 cm³/mol. The van der Waals surface area contributed by atoms with E-state index in [1.165, 1.54) is 11.3 Å². The summed E-state index contributed by atoms with van der Waals surface area (Å²) in [7, 11) is 5.94. The fraction of sp³-hybridized carbons (Fsp3) is 0.474. The minimum Gasteiger partial charge on any atom is -0.356 e. The van der Waals surface area contributed by atoms with Gasteiger partial charge in [0.05, 0.1) is 6.54 Å². The van der Waals surface area contributed by atoms with E-state index in [0.717, 1.165) is 23.5 Å². The molecular weight excluding hydrogens is 505 g/mol. The van der Waals surface area contributed by atoms with E-state index in [2.05, 4.69) is 87.0 Å². The van der Waals surface area contributed by atoms with E-state index in [0.29, 0.717) is 11.8 Å². The van der Waals surface area contributed by atoms with Crippen LogP contribution in [0.2, 0.25) is 0 Å². The zero-order chi connectivity index (χ0) is 18.4. The summed E-state index contributed by atoms with van der Waals surface area (Å²) in [5, 5.41) is 3.52. The molecule has 144 valence electrons. The Labute approximate surface area is 182 Å². The van der Waals surface area contributed by atoms with Crippen LogP contribution in [0.15, 0.2) is 46.3 Å². The number of rotatable bonds is 6. The highest BCUT2D eigenvalue weighted by Gasteiger charge is 2.18. The Hall–Kier alpha value is -1.09. The fourth-order valence-corrected chi connectivity index (χ4v) is 3.53. The third kappa shape index (κ3) is 6.26. The molecule has 1 atom stereocenters. The maximum absolute atomic E-state index is 4.44. The van der Waals surface area contributed by atoms with Crippen molar-refractivity contribution in [2.24, 2.45) is 18.0 Å². The molecule has 2 aromatic heterocycles. The van der Waals surface area contributed by atoms with Crippen LogP contribution in [0.3, 0.4) is 0 Å². The molecule has 0 aromatic carbocycles. The number of guanidine groups is 1. The maximum Gasteiger partial charge on any atom is 0.193 e. The first-order valence-corrected chi connectivity index (χ1v) is 9.34. The molecule has 2 aromatic rings. The average Bonchev–Trinajstić information content (AvgIpc) is 2.89. The average molecular weight is 534 g/mol. The summed E-state index contributed by atoms with van der Waals surface area (Å²) >= 11 is 3.53. The highest BCUT2D eigenvalue weighted by molar-refractivity contribution is 14.0. The smallest absolute Gasteiger partial charge is 0.193 e. The molecule has 0 aliphatic rings. The monoisotopic (exact) mass is 533 g/mol. The van der Waals surface area contributed by atoms with Gasteiger partial charge in [-0.3, -0.25) is 9.98 Å². The van der Waals surface area contributed by atoms with Crippen LogP contribution in [0, 0.1) is 5.92 Å². The molecular formula is C19H29BrIN5. The summed E-state index contributed by atoms with van der Waals surface area (Å²) in [6, 6.07) is 6.28. The third-order valence-corrected chi connectivity index (χ3v) is 4.88. The first kappa shape index (κ1) is 23.0. The number of nitrogens with one attached hydrogen (secondary N) is 1. The van der Waals surface area contributed by atoms with Crippen molar-refractivity contribution in [2.75, 3.05) is 20.6 Å². The first-order valence-electron chi connectivity index (χ1n) is 8.54. The molecule has 0 bridgehead atoms. The van der Waals surface area contributed by atoms with E-state index in [-0.39, 0.29) is 24.0 Å². The van der Waals surface area contributed by atoms with E-state index >= 15 is 0 Å². The van der Waals surface area contributed by atoms with E-state index in [4.69, 9.17) is 0 Å². The van der Waals surface area contributed by atoms with Crippen LogP contribution in [0.25, 0.3) is 0 Å². The summed E-state index contributed by atoms with van der Waals surface area (Å²) in [5.41, 5.74) is 2.49. The fourth-order valence-electron chi connectivity index (χ4n) is 2.96. The molecule has 0 saturated heterocycles. The Morgan fingerprint density at radius 3 is 2.65 bits per heavy atom. The molecule has 2 rings (SSSR count). The maximum atomic E-state index is 4.44. The minimum absolute atomic E-state index is 0. The molecule has 0 amide bonds. The second-order valence-corrected chi connectivity index (χ2v) is 7.60. The molecule has 26 heavy (non-hydrogen) atoms. The molecule has 0 aliphatic heterocycles. The molecule has 7 heteroatoms. The molecule has 0 aliphatic carbocycles. The van der Waals surface area contributed by atoms with Crippen molar-refractivity contribution in [2.45, 2.75) is 26.3 Å². The number of aromatic nitrogens is 2. The topological polar surface area (TPSA) is 45.5 Å². The van der Waals surface area contributed by atoms with Crippen molar-refractivity contribution in [1.29, 1.82) is 0 Å². The van der Waals surface area contributed by atoms with Gasteiger partial charge in [-0.1, -0.05) is 19.9 Å². The molecule has 1 N–H and O–H groups in total. The second-order valence-electron chi connectivity index (χ2n) is 6.68. The highest BCUT2D eigenvalue weighted by atomic mass is 127. The largest absolute Gasteiger partial charge is 0.356 e. The zero-order valence-electron chi connectivity index (χ0n) is 16.1. The summed E-state index contributed by atoms with van der Waals surface area (Å²) < 4.78 is 3.22. The molecule has 2 heterocycles. The molecule has 0 fully saturated rings. The third-order valence-electron chi connectivity index (χ3n) is 4.44. The first-order chi connectivity index (χ1) is 11.9. The molecule has 5 nitrogen and oxygen atoms in total. The van der Waals surface area contributed by atoms with Gasteiger partial charge in [0.1, 0.15) is 0 Å². The van der Waals surface area contributed by atoms with Crippen LogP contribution in [-0.4, -0.2) is 41.1 Å². The lowest BCUT2D eigenvalue weighted by Gasteiger charge is -2.26. The number of halogens is 2. The normalized spacial score (nSPS) is 12.7. The SMILES string of the molecule is CN=C(NCC(c1cccnc1)C(C)C)N(C)Cc1cc(Br)cn1C.I. The number of nitrogens with zero attached hydrogens (tertiary/aromatic N) is 4. The van der Waals surface area contributed by atoms with Crippen LogP contribution >= 0.6 is 39.9 Å². The van der Waals surface area contributed by atoms with Gasteiger partial charge < -0.3 is 14.8 Å². The number of pyridine rings is 1. The Kier molecular flexibility index (Phi) is 9.63. The van der Waals surface area contributed by atoms with Gasteiger partial charge in [0.15, 0.2) is 5.96 Å². The number of hydrogen-bond donors (Lipinski definition) is 1. The van der Waals surface area contributed by atoms with Crippen molar-refractivity contribution in [3.05, 3.63) is 52.5 Å². The van der Waals surface area contributed by atoms with Gasteiger partial charge in [0, 0.05) is 62.4 Å². The summed E-state index contributed by atoms with van der Waals surface area (Å²) in [6.45, 7) is 6.11. The van der Waals surface area contributed by atoms with Gasteiger partial charge in [-0.2, -0.15) is 0 Å². The van der Waals surface area contributed by atoms with Gasteiger partial charge in [0.2, 0.25) is 0 Å². The Bertz CT molecular complexity index is 699. The van der Waals surface area contributed by atoms with Gasteiger partial charge in [-0.05, 0) is 39.5 Å². The van der Waals surface area contributed by atoms with Gasteiger partial charge in [-0.15, -0.1) is 24.0 Å². The minimum atomic E-state index is 0. The van der Waals surface area contributed by atoms with Gasteiger partial charge in [0.25, 0.3) is 0 Å². The van der Waals surface area contributed by atoms with Crippen LogP contribution in [0.4, 0.5) is 0 Å². The predicted octanol–water partition coefficient (Wildman–Crippen LogP) is 4.25.